The van der Waals surface area contributed by atoms with Gasteiger partial charge in [-0.2, -0.15) is 0 Å². The Bertz CT molecular complexity index is 1460. The molecule has 35 heavy (non-hydrogen) atoms. The second-order valence-electron chi connectivity index (χ2n) is 8.21. The van der Waals surface area contributed by atoms with Gasteiger partial charge in [0.05, 0.1) is 16.4 Å². The van der Waals surface area contributed by atoms with E-state index < -0.39 is 32.1 Å². The van der Waals surface area contributed by atoms with E-state index in [2.05, 4.69) is 10.6 Å². The molecule has 0 bridgehead atoms. The molecule has 11 heteroatoms. The summed E-state index contributed by atoms with van der Waals surface area (Å²) < 4.78 is 27.5. The average molecular weight is 493 g/mol. The minimum absolute atomic E-state index is 0.0392. The van der Waals surface area contributed by atoms with Gasteiger partial charge in [0.15, 0.2) is 5.37 Å². The quantitative estimate of drug-likeness (QED) is 0.412. The van der Waals surface area contributed by atoms with Crippen LogP contribution in [0.3, 0.4) is 0 Å². The van der Waals surface area contributed by atoms with Gasteiger partial charge in [0.25, 0.3) is 11.6 Å². The summed E-state index contributed by atoms with van der Waals surface area (Å²) >= 11 is 0. The molecule has 5 rings (SSSR count). The number of anilines is 1. The number of nitro benzene ring substituents is 1. The molecule has 2 N–H and O–H groups in total. The number of nitro groups is 1. The van der Waals surface area contributed by atoms with Crippen molar-refractivity contribution in [3.63, 3.8) is 0 Å². The lowest BCUT2D eigenvalue weighted by Gasteiger charge is -2.18. The summed E-state index contributed by atoms with van der Waals surface area (Å²) in [5.74, 6) is -0.739. The SMILES string of the molecule is O=C1NC(S(=O)(=O)c2ccc3c(c2-c2ccccc2)CCN3)CN1C(=O)c1ccc([N+](=O)[O-])cc1. The van der Waals surface area contributed by atoms with Gasteiger partial charge in [-0.3, -0.25) is 19.8 Å². The van der Waals surface area contributed by atoms with E-state index in [0.29, 0.717) is 18.5 Å². The number of hydrogen-bond donors (Lipinski definition) is 2. The van der Waals surface area contributed by atoms with Crippen molar-refractivity contribution in [1.29, 1.82) is 0 Å². The Morgan fingerprint density at radius 2 is 1.74 bits per heavy atom. The summed E-state index contributed by atoms with van der Waals surface area (Å²) in [4.78, 5) is 36.6. The minimum Gasteiger partial charge on any atom is -0.384 e. The molecular weight excluding hydrogens is 472 g/mol. The highest BCUT2D eigenvalue weighted by Crippen LogP contribution is 2.39. The van der Waals surface area contributed by atoms with Crippen molar-refractivity contribution in [2.24, 2.45) is 0 Å². The molecule has 0 spiro atoms. The molecule has 0 saturated carbocycles. The first-order chi connectivity index (χ1) is 16.8. The number of sulfone groups is 1. The summed E-state index contributed by atoms with van der Waals surface area (Å²) in [6, 6.07) is 16.4. The Balaban J connectivity index is 1.48. The molecule has 2 aliphatic rings. The smallest absolute Gasteiger partial charge is 0.325 e. The maximum Gasteiger partial charge on any atom is 0.325 e. The fourth-order valence-corrected chi connectivity index (χ4v) is 6.12. The first-order valence-corrected chi connectivity index (χ1v) is 12.4. The Labute approximate surface area is 200 Å². The first kappa shape index (κ1) is 22.5. The van der Waals surface area contributed by atoms with Crippen LogP contribution in [0.15, 0.2) is 71.6 Å². The summed E-state index contributed by atoms with van der Waals surface area (Å²) in [6.07, 6.45) is 0.657. The van der Waals surface area contributed by atoms with E-state index in [0.717, 1.165) is 33.8 Å². The number of hydrogen-bond acceptors (Lipinski definition) is 7. The van der Waals surface area contributed by atoms with E-state index in [-0.39, 0.29) is 22.7 Å². The lowest BCUT2D eigenvalue weighted by molar-refractivity contribution is -0.384. The van der Waals surface area contributed by atoms with Crippen LogP contribution in [0.1, 0.15) is 15.9 Å². The Morgan fingerprint density at radius 3 is 2.43 bits per heavy atom. The van der Waals surface area contributed by atoms with Crippen LogP contribution in [-0.2, 0) is 16.3 Å². The third-order valence-corrected chi connectivity index (χ3v) is 8.13. The predicted octanol–water partition coefficient (Wildman–Crippen LogP) is 3.20. The second kappa shape index (κ2) is 8.51. The van der Waals surface area contributed by atoms with Crippen LogP contribution in [0, 0.1) is 10.1 Å². The van der Waals surface area contributed by atoms with Crippen LogP contribution >= 0.6 is 0 Å². The highest BCUT2D eigenvalue weighted by molar-refractivity contribution is 7.92. The molecule has 3 aromatic rings. The number of rotatable bonds is 5. The molecule has 178 valence electrons. The summed E-state index contributed by atoms with van der Waals surface area (Å²) in [7, 11) is -4.08. The van der Waals surface area contributed by atoms with Crippen molar-refractivity contribution in [1.82, 2.24) is 10.2 Å². The first-order valence-electron chi connectivity index (χ1n) is 10.8. The fourth-order valence-electron chi connectivity index (χ4n) is 4.43. The van der Waals surface area contributed by atoms with Crippen LogP contribution < -0.4 is 10.6 Å². The van der Waals surface area contributed by atoms with Gasteiger partial charge in [-0.1, -0.05) is 30.3 Å². The molecule has 2 heterocycles. The monoisotopic (exact) mass is 492 g/mol. The second-order valence-corrected chi connectivity index (χ2v) is 10.3. The maximum atomic E-state index is 13.8. The summed E-state index contributed by atoms with van der Waals surface area (Å²) in [5.41, 5.74) is 2.93. The number of urea groups is 1. The number of non-ortho nitro benzene ring substituents is 1. The van der Waals surface area contributed by atoms with Crippen molar-refractivity contribution < 1.29 is 22.9 Å². The average Bonchev–Trinajstić information content (AvgIpc) is 3.50. The number of benzene rings is 3. The van der Waals surface area contributed by atoms with Gasteiger partial charge >= 0.3 is 6.03 Å². The number of nitrogens with zero attached hydrogens (tertiary/aromatic N) is 2. The van der Waals surface area contributed by atoms with Crippen LogP contribution in [0.5, 0.6) is 0 Å². The van der Waals surface area contributed by atoms with Gasteiger partial charge in [0, 0.05) is 35.5 Å². The topological polar surface area (TPSA) is 139 Å². The number of imide groups is 1. The molecule has 10 nitrogen and oxygen atoms in total. The van der Waals surface area contributed by atoms with Gasteiger partial charge in [0.1, 0.15) is 0 Å². The molecule has 0 aliphatic carbocycles. The van der Waals surface area contributed by atoms with Crippen LogP contribution in [0.25, 0.3) is 11.1 Å². The maximum absolute atomic E-state index is 13.8. The van der Waals surface area contributed by atoms with Gasteiger partial charge in [0.2, 0.25) is 9.84 Å². The van der Waals surface area contributed by atoms with Crippen LogP contribution in [0.2, 0.25) is 0 Å². The van der Waals surface area contributed by atoms with Crippen molar-refractivity contribution in [3.8, 4) is 11.1 Å². The zero-order chi connectivity index (χ0) is 24.7. The highest BCUT2D eigenvalue weighted by atomic mass is 32.2. The highest BCUT2D eigenvalue weighted by Gasteiger charge is 2.43. The van der Waals surface area contributed by atoms with Gasteiger partial charge < -0.3 is 10.6 Å². The Hall–Kier alpha value is -4.25. The van der Waals surface area contributed by atoms with Gasteiger partial charge in [-0.15, -0.1) is 0 Å². The third kappa shape index (κ3) is 3.89. The Morgan fingerprint density at radius 1 is 1.03 bits per heavy atom. The molecule has 1 saturated heterocycles. The predicted molar refractivity (Wildman–Crippen MR) is 128 cm³/mol. The van der Waals surface area contributed by atoms with Crippen LogP contribution in [0.4, 0.5) is 16.2 Å². The molecule has 0 radical (unpaired) electrons. The third-order valence-electron chi connectivity index (χ3n) is 6.16. The Kier molecular flexibility index (Phi) is 5.48. The fraction of sp³-hybridized carbons (Fsp3) is 0.167. The molecular formula is C24H20N4O6S. The zero-order valence-electron chi connectivity index (χ0n) is 18.3. The molecule has 3 amide bonds. The zero-order valence-corrected chi connectivity index (χ0v) is 19.1. The lowest BCUT2D eigenvalue weighted by atomic mass is 9.98. The van der Waals surface area contributed by atoms with Crippen LogP contribution in [-0.4, -0.2) is 48.6 Å². The minimum atomic E-state index is -4.08. The van der Waals surface area contributed by atoms with E-state index in [4.69, 9.17) is 0 Å². The van der Waals surface area contributed by atoms with E-state index in [1.165, 1.54) is 18.2 Å². The molecule has 1 atom stereocenters. The number of nitrogens with one attached hydrogen (secondary N) is 2. The molecule has 2 aliphatic heterocycles. The molecule has 3 aromatic carbocycles. The molecule has 1 fully saturated rings. The number of carbonyl (C=O) groups is 2. The van der Waals surface area contributed by atoms with E-state index in [1.807, 2.05) is 30.3 Å². The van der Waals surface area contributed by atoms with E-state index in [1.54, 1.807) is 6.07 Å². The normalized spacial score (nSPS) is 17.0. The standard InChI is InChI=1S/C24H20N4O6S/c29-23(16-6-8-17(9-7-16)28(31)32)27-14-21(26-24(27)30)35(33,34)20-11-10-19-18(12-13-25-19)22(20)15-4-2-1-3-5-15/h1-11,21,25H,12-14H2,(H,26,30). The summed E-state index contributed by atoms with van der Waals surface area (Å²) in [6.45, 7) is 0.302. The molecule has 1 unspecified atom stereocenters. The van der Waals surface area contributed by atoms with Crippen molar-refractivity contribution in [2.75, 3.05) is 18.4 Å². The summed E-state index contributed by atoms with van der Waals surface area (Å²) in [5, 5.41) is 15.2. The van der Waals surface area contributed by atoms with Gasteiger partial charge in [-0.25, -0.2) is 13.2 Å². The largest absolute Gasteiger partial charge is 0.384 e. The van der Waals surface area contributed by atoms with Gasteiger partial charge in [-0.05, 0) is 41.8 Å². The van der Waals surface area contributed by atoms with E-state index >= 15 is 0 Å². The van der Waals surface area contributed by atoms with Crippen molar-refractivity contribution in [2.45, 2.75) is 16.7 Å². The number of fused-ring (bicyclic) bond motifs is 1. The lowest BCUT2D eigenvalue weighted by Crippen LogP contribution is -2.35. The van der Waals surface area contributed by atoms with Crippen molar-refractivity contribution in [3.05, 3.63) is 88.0 Å². The number of amides is 3. The number of carbonyl (C=O) groups excluding carboxylic acids is 2. The van der Waals surface area contributed by atoms with E-state index in [9.17, 15) is 28.1 Å². The van der Waals surface area contributed by atoms with Crippen molar-refractivity contribution >= 4 is 33.2 Å². The molecule has 0 aromatic heterocycles.